The molecule has 0 saturated carbocycles. The predicted octanol–water partition coefficient (Wildman–Crippen LogP) is 2.37. The molecule has 2 aromatic carbocycles. The summed E-state index contributed by atoms with van der Waals surface area (Å²) in [6.45, 7) is 7.50. The van der Waals surface area contributed by atoms with Gasteiger partial charge in [-0.2, -0.15) is 0 Å². The molecule has 31 heavy (non-hydrogen) atoms. The summed E-state index contributed by atoms with van der Waals surface area (Å²) in [7, 11) is 0. The fourth-order valence-electron chi connectivity index (χ4n) is 3.91. The Hall–Kier alpha value is -2.90. The van der Waals surface area contributed by atoms with Gasteiger partial charge >= 0.3 is 0 Å². The summed E-state index contributed by atoms with van der Waals surface area (Å²) >= 11 is 0. The van der Waals surface area contributed by atoms with Crippen LogP contribution in [0.25, 0.3) is 0 Å². The fraction of sp³-hybridized carbons (Fsp3) is 0.417. The number of anilines is 1. The van der Waals surface area contributed by atoms with Gasteiger partial charge in [0, 0.05) is 25.2 Å². The van der Waals surface area contributed by atoms with Crippen LogP contribution in [0.1, 0.15) is 27.9 Å². The lowest BCUT2D eigenvalue weighted by atomic mass is 10.1. The van der Waals surface area contributed by atoms with E-state index in [0.29, 0.717) is 24.4 Å². The van der Waals surface area contributed by atoms with E-state index in [0.717, 1.165) is 56.1 Å². The normalized spacial score (nSPS) is 16.5. The Balaban J connectivity index is 1.35. The molecule has 0 radical (unpaired) electrons. The fourth-order valence-corrected chi connectivity index (χ4v) is 3.91. The maximum absolute atomic E-state index is 12.6. The quantitative estimate of drug-likeness (QED) is 0.693. The molecular weight excluding hydrogens is 394 g/mol. The van der Waals surface area contributed by atoms with Gasteiger partial charge in [-0.05, 0) is 55.3 Å². The Labute approximate surface area is 182 Å². The molecule has 2 aliphatic rings. The summed E-state index contributed by atoms with van der Waals surface area (Å²) in [5.41, 5.74) is 3.35. The van der Waals surface area contributed by atoms with Crippen LogP contribution in [0, 0.1) is 6.92 Å². The minimum atomic E-state index is -0.0895. The molecule has 7 nitrogen and oxygen atoms in total. The number of nitrogens with zero attached hydrogens (tertiary/aromatic N) is 2. The van der Waals surface area contributed by atoms with Gasteiger partial charge in [0.1, 0.15) is 5.75 Å². The molecule has 4 rings (SSSR count). The highest BCUT2D eigenvalue weighted by Gasteiger charge is 2.25. The molecule has 0 atom stereocenters. The Morgan fingerprint density at radius 2 is 1.97 bits per heavy atom. The van der Waals surface area contributed by atoms with Gasteiger partial charge in [-0.25, -0.2) is 0 Å². The Morgan fingerprint density at radius 3 is 2.81 bits per heavy atom. The maximum atomic E-state index is 12.6. The number of carbonyl (C=O) groups is 2. The highest BCUT2D eigenvalue weighted by molar-refractivity contribution is 5.98. The van der Waals surface area contributed by atoms with Crippen molar-refractivity contribution in [3.8, 4) is 5.75 Å². The first-order chi connectivity index (χ1) is 15.1. The first kappa shape index (κ1) is 21.3. The second kappa shape index (κ2) is 9.94. The monoisotopic (exact) mass is 423 g/mol. The second-order valence-corrected chi connectivity index (χ2v) is 8.00. The summed E-state index contributed by atoms with van der Waals surface area (Å²) in [5.74, 6) is 0.531. The molecule has 7 heteroatoms. The zero-order valence-electron chi connectivity index (χ0n) is 17.9. The standard InChI is InChI=1S/C24H29N3O4/c1-18-6-7-22-21(14-18)27(23(28)17-31-22)16-19-4-2-5-20(15-19)24(29)25-8-3-9-26-10-12-30-13-11-26/h2,4-7,14-15H,3,8-13,16-17H2,1H3,(H,25,29). The van der Waals surface area contributed by atoms with E-state index in [4.69, 9.17) is 9.47 Å². The van der Waals surface area contributed by atoms with Crippen LogP contribution >= 0.6 is 0 Å². The Kier molecular flexibility index (Phi) is 6.84. The number of hydrogen-bond donors (Lipinski definition) is 1. The van der Waals surface area contributed by atoms with E-state index in [1.165, 1.54) is 0 Å². The molecule has 1 fully saturated rings. The lowest BCUT2D eigenvalue weighted by Crippen LogP contribution is -2.38. The van der Waals surface area contributed by atoms with E-state index < -0.39 is 0 Å². The third kappa shape index (κ3) is 5.42. The first-order valence-electron chi connectivity index (χ1n) is 10.8. The lowest BCUT2D eigenvalue weighted by Gasteiger charge is -2.30. The number of carbonyl (C=O) groups excluding carboxylic acids is 2. The van der Waals surface area contributed by atoms with Gasteiger partial charge in [-0.3, -0.25) is 14.5 Å². The van der Waals surface area contributed by atoms with E-state index in [2.05, 4.69) is 10.2 Å². The van der Waals surface area contributed by atoms with Crippen molar-refractivity contribution in [1.29, 1.82) is 0 Å². The Bertz CT molecular complexity index is 940. The lowest BCUT2D eigenvalue weighted by molar-refractivity contribution is -0.121. The second-order valence-electron chi connectivity index (χ2n) is 8.00. The largest absolute Gasteiger partial charge is 0.482 e. The number of hydrogen-bond acceptors (Lipinski definition) is 5. The van der Waals surface area contributed by atoms with Gasteiger partial charge in [-0.1, -0.05) is 18.2 Å². The molecule has 1 saturated heterocycles. The van der Waals surface area contributed by atoms with Crippen LogP contribution in [0.15, 0.2) is 42.5 Å². The average Bonchev–Trinajstić information content (AvgIpc) is 2.79. The van der Waals surface area contributed by atoms with Crippen LogP contribution in [-0.4, -0.2) is 62.7 Å². The highest BCUT2D eigenvalue weighted by atomic mass is 16.5. The smallest absolute Gasteiger partial charge is 0.265 e. The summed E-state index contributed by atoms with van der Waals surface area (Å²) < 4.78 is 10.9. The van der Waals surface area contributed by atoms with E-state index >= 15 is 0 Å². The van der Waals surface area contributed by atoms with Crippen molar-refractivity contribution < 1.29 is 19.1 Å². The number of fused-ring (bicyclic) bond motifs is 1. The molecule has 2 amide bonds. The van der Waals surface area contributed by atoms with Gasteiger partial charge in [-0.15, -0.1) is 0 Å². The van der Waals surface area contributed by atoms with Gasteiger partial charge in [0.25, 0.3) is 11.8 Å². The minimum absolute atomic E-state index is 0.0272. The van der Waals surface area contributed by atoms with Crippen LogP contribution in [-0.2, 0) is 16.1 Å². The average molecular weight is 424 g/mol. The first-order valence-corrected chi connectivity index (χ1v) is 10.8. The molecule has 164 valence electrons. The summed E-state index contributed by atoms with van der Waals surface area (Å²) in [4.78, 5) is 29.2. The molecule has 2 aromatic rings. The molecule has 2 aliphatic heterocycles. The maximum Gasteiger partial charge on any atom is 0.265 e. The van der Waals surface area contributed by atoms with Crippen molar-refractivity contribution >= 4 is 17.5 Å². The number of ether oxygens (including phenoxy) is 2. The van der Waals surface area contributed by atoms with Crippen molar-refractivity contribution in [1.82, 2.24) is 10.2 Å². The van der Waals surface area contributed by atoms with Crippen molar-refractivity contribution in [3.63, 3.8) is 0 Å². The van der Waals surface area contributed by atoms with Crippen molar-refractivity contribution in [3.05, 3.63) is 59.2 Å². The number of nitrogens with one attached hydrogen (secondary N) is 1. The van der Waals surface area contributed by atoms with Crippen LogP contribution in [0.2, 0.25) is 0 Å². The summed E-state index contributed by atoms with van der Waals surface area (Å²) in [5, 5.41) is 3.00. The minimum Gasteiger partial charge on any atom is -0.482 e. The molecule has 0 aromatic heterocycles. The molecule has 0 unspecified atom stereocenters. The number of benzene rings is 2. The number of amides is 2. The van der Waals surface area contributed by atoms with Gasteiger partial charge < -0.3 is 19.7 Å². The van der Waals surface area contributed by atoms with E-state index in [1.54, 1.807) is 11.0 Å². The van der Waals surface area contributed by atoms with E-state index in [-0.39, 0.29) is 18.4 Å². The zero-order chi connectivity index (χ0) is 21.6. The number of morpholine rings is 1. The van der Waals surface area contributed by atoms with Crippen molar-refractivity contribution in [2.45, 2.75) is 19.9 Å². The van der Waals surface area contributed by atoms with E-state index in [1.807, 2.05) is 43.3 Å². The molecule has 0 bridgehead atoms. The molecule has 0 spiro atoms. The van der Waals surface area contributed by atoms with Crippen molar-refractivity contribution in [2.75, 3.05) is 50.9 Å². The van der Waals surface area contributed by atoms with Gasteiger partial charge in [0.05, 0.1) is 25.4 Å². The number of aryl methyl sites for hydroxylation is 1. The highest BCUT2D eigenvalue weighted by Crippen LogP contribution is 2.33. The van der Waals surface area contributed by atoms with Crippen LogP contribution in [0.3, 0.4) is 0 Å². The predicted molar refractivity (Wildman–Crippen MR) is 119 cm³/mol. The van der Waals surface area contributed by atoms with Crippen LogP contribution < -0.4 is 15.0 Å². The third-order valence-electron chi connectivity index (χ3n) is 5.63. The molecule has 1 N–H and O–H groups in total. The van der Waals surface area contributed by atoms with Gasteiger partial charge in [0.15, 0.2) is 6.61 Å². The molecule has 2 heterocycles. The van der Waals surface area contributed by atoms with Crippen LogP contribution in [0.4, 0.5) is 5.69 Å². The molecule has 0 aliphatic carbocycles. The zero-order valence-corrected chi connectivity index (χ0v) is 17.9. The summed E-state index contributed by atoms with van der Waals surface area (Å²) in [6.07, 6.45) is 0.907. The molecular formula is C24H29N3O4. The van der Waals surface area contributed by atoms with Crippen LogP contribution in [0.5, 0.6) is 5.75 Å². The SMILES string of the molecule is Cc1ccc2c(c1)N(Cc1cccc(C(=O)NCCCN3CCOCC3)c1)C(=O)CO2. The third-order valence-corrected chi connectivity index (χ3v) is 5.63. The Morgan fingerprint density at radius 1 is 1.13 bits per heavy atom. The van der Waals surface area contributed by atoms with E-state index in [9.17, 15) is 9.59 Å². The topological polar surface area (TPSA) is 71.1 Å². The van der Waals surface area contributed by atoms with Crippen molar-refractivity contribution in [2.24, 2.45) is 0 Å². The summed E-state index contributed by atoms with van der Waals surface area (Å²) in [6, 6.07) is 13.3. The number of rotatable bonds is 7. The van der Waals surface area contributed by atoms with Gasteiger partial charge in [0.2, 0.25) is 0 Å².